The van der Waals surface area contributed by atoms with Gasteiger partial charge in [-0.15, -0.1) is 0 Å². The number of aromatic nitrogens is 1. The van der Waals surface area contributed by atoms with Gasteiger partial charge in [0.25, 0.3) is 0 Å². The van der Waals surface area contributed by atoms with Gasteiger partial charge in [0, 0.05) is 31.0 Å². The Morgan fingerprint density at radius 3 is 2.60 bits per heavy atom. The van der Waals surface area contributed by atoms with Crippen LogP contribution in [0, 0.1) is 0 Å². The second kappa shape index (κ2) is 8.07. The number of sulfonamides is 1. The maximum absolute atomic E-state index is 12.2. The minimum Gasteiger partial charge on any atom is -0.346 e. The highest BCUT2D eigenvalue weighted by atomic mass is 32.2. The van der Waals surface area contributed by atoms with Crippen LogP contribution >= 0.6 is 11.8 Å². The molecule has 0 bridgehead atoms. The lowest BCUT2D eigenvalue weighted by Gasteiger charge is -2.10. The van der Waals surface area contributed by atoms with Gasteiger partial charge in [0.05, 0.1) is 4.90 Å². The van der Waals surface area contributed by atoms with Crippen molar-refractivity contribution in [1.82, 2.24) is 9.29 Å². The highest BCUT2D eigenvalue weighted by Crippen LogP contribution is 2.18. The van der Waals surface area contributed by atoms with Crippen molar-refractivity contribution in [3.63, 3.8) is 0 Å². The lowest BCUT2D eigenvalue weighted by molar-refractivity contribution is 0.568. The Hall–Kier alpha value is -0.500. The summed E-state index contributed by atoms with van der Waals surface area (Å²) in [6.45, 7) is 4.83. The second-order valence-corrected chi connectivity index (χ2v) is 7.72. The van der Waals surface area contributed by atoms with E-state index in [9.17, 15) is 8.42 Å². The van der Waals surface area contributed by atoms with E-state index >= 15 is 0 Å². The number of unbranched alkanes of at least 4 members (excludes halogenated alkanes) is 1. The molecule has 20 heavy (non-hydrogen) atoms. The Balaban J connectivity index is 2.72. The molecule has 0 atom stereocenters. The van der Waals surface area contributed by atoms with Gasteiger partial charge in [0.2, 0.25) is 10.0 Å². The van der Waals surface area contributed by atoms with Crippen LogP contribution in [0.3, 0.4) is 0 Å². The van der Waals surface area contributed by atoms with E-state index in [4.69, 9.17) is 5.73 Å². The molecule has 0 aliphatic carbocycles. The normalized spacial score (nSPS) is 12.2. The van der Waals surface area contributed by atoms with Crippen molar-refractivity contribution in [3.8, 4) is 0 Å². The Morgan fingerprint density at radius 2 is 2.10 bits per heavy atom. The Bertz CT molecular complexity index is 510. The largest absolute Gasteiger partial charge is 0.346 e. The zero-order chi connectivity index (χ0) is 15.2. The number of thioether (sulfide) groups is 1. The molecule has 116 valence electrons. The van der Waals surface area contributed by atoms with Crippen LogP contribution in [0.4, 0.5) is 0 Å². The summed E-state index contributed by atoms with van der Waals surface area (Å²) in [5, 5.41) is 0. The quantitative estimate of drug-likeness (QED) is 0.682. The molecule has 5 nitrogen and oxygen atoms in total. The Labute approximate surface area is 126 Å². The number of nitrogens with zero attached hydrogens (tertiary/aromatic N) is 1. The lowest BCUT2D eigenvalue weighted by Crippen LogP contribution is -2.24. The number of nitrogens with two attached hydrogens (primary N) is 1. The van der Waals surface area contributed by atoms with Gasteiger partial charge in [-0.3, -0.25) is 0 Å². The van der Waals surface area contributed by atoms with Crippen molar-refractivity contribution in [3.05, 3.63) is 18.0 Å². The van der Waals surface area contributed by atoms with Gasteiger partial charge in [-0.05, 0) is 44.8 Å². The summed E-state index contributed by atoms with van der Waals surface area (Å²) in [5.41, 5.74) is 6.50. The van der Waals surface area contributed by atoms with E-state index < -0.39 is 10.0 Å². The van der Waals surface area contributed by atoms with Gasteiger partial charge < -0.3 is 10.3 Å². The van der Waals surface area contributed by atoms with Crippen LogP contribution in [0.25, 0.3) is 0 Å². The number of rotatable bonds is 9. The van der Waals surface area contributed by atoms with Crippen molar-refractivity contribution in [2.24, 2.45) is 5.73 Å². The van der Waals surface area contributed by atoms with Gasteiger partial charge in [-0.25, -0.2) is 13.1 Å². The number of hydrogen-bond donors (Lipinski definition) is 2. The fourth-order valence-electron chi connectivity index (χ4n) is 1.95. The van der Waals surface area contributed by atoms with E-state index in [1.54, 1.807) is 24.0 Å². The molecule has 0 unspecified atom stereocenters. The van der Waals surface area contributed by atoms with E-state index in [0.717, 1.165) is 24.3 Å². The Kier molecular flexibility index (Phi) is 7.08. The minimum atomic E-state index is -3.43. The standard InChI is InChI=1S/C13H25N3O2S2/c1-11(2)16-10-13(8-12(16)9-14)20(17,18)15-6-4-5-7-19-3/h8,10-11,15H,4-7,9,14H2,1-3H3. The molecule has 0 aliphatic rings. The highest BCUT2D eigenvalue weighted by Gasteiger charge is 2.18. The molecule has 0 saturated heterocycles. The van der Waals surface area contributed by atoms with Gasteiger partial charge in [-0.1, -0.05) is 0 Å². The fourth-order valence-corrected chi connectivity index (χ4v) is 3.57. The van der Waals surface area contributed by atoms with Gasteiger partial charge in [0.1, 0.15) is 0 Å². The monoisotopic (exact) mass is 319 g/mol. The molecular weight excluding hydrogens is 294 g/mol. The van der Waals surface area contributed by atoms with Gasteiger partial charge in [0.15, 0.2) is 0 Å². The zero-order valence-electron chi connectivity index (χ0n) is 12.4. The fraction of sp³-hybridized carbons (Fsp3) is 0.692. The molecule has 0 fully saturated rings. The molecule has 1 aromatic rings. The third kappa shape index (κ3) is 4.80. The highest BCUT2D eigenvalue weighted by molar-refractivity contribution is 7.98. The van der Waals surface area contributed by atoms with Crippen LogP contribution in [0.15, 0.2) is 17.2 Å². The Morgan fingerprint density at radius 1 is 1.40 bits per heavy atom. The summed E-state index contributed by atoms with van der Waals surface area (Å²) in [4.78, 5) is 0.302. The number of nitrogens with one attached hydrogen (secondary N) is 1. The molecular formula is C13H25N3O2S2. The van der Waals surface area contributed by atoms with E-state index in [-0.39, 0.29) is 6.04 Å². The van der Waals surface area contributed by atoms with Crippen molar-refractivity contribution in [1.29, 1.82) is 0 Å². The number of hydrogen-bond acceptors (Lipinski definition) is 4. The van der Waals surface area contributed by atoms with Gasteiger partial charge >= 0.3 is 0 Å². The second-order valence-electron chi connectivity index (χ2n) is 4.97. The summed E-state index contributed by atoms with van der Waals surface area (Å²) in [5.74, 6) is 1.06. The molecule has 0 aliphatic heterocycles. The van der Waals surface area contributed by atoms with Crippen molar-refractivity contribution >= 4 is 21.8 Å². The predicted octanol–water partition coefficient (Wildman–Crippen LogP) is 1.95. The smallest absolute Gasteiger partial charge is 0.242 e. The van der Waals surface area contributed by atoms with Crippen LogP contribution in [-0.4, -0.2) is 31.5 Å². The van der Waals surface area contributed by atoms with Crippen molar-refractivity contribution in [2.45, 2.75) is 44.2 Å². The first-order valence-electron chi connectivity index (χ1n) is 6.81. The average molecular weight is 319 g/mol. The maximum Gasteiger partial charge on any atom is 0.242 e. The van der Waals surface area contributed by atoms with E-state index in [2.05, 4.69) is 4.72 Å². The van der Waals surface area contributed by atoms with Crippen LogP contribution in [0.5, 0.6) is 0 Å². The van der Waals surface area contributed by atoms with E-state index in [1.165, 1.54) is 0 Å². The molecule has 0 radical (unpaired) electrons. The summed E-state index contributed by atoms with van der Waals surface area (Å²) in [6.07, 6.45) is 5.59. The molecule has 1 aromatic heterocycles. The first-order valence-corrected chi connectivity index (χ1v) is 9.69. The van der Waals surface area contributed by atoms with Crippen LogP contribution < -0.4 is 10.5 Å². The lowest BCUT2D eigenvalue weighted by atomic mass is 10.3. The molecule has 1 heterocycles. The maximum atomic E-state index is 12.2. The summed E-state index contributed by atoms with van der Waals surface area (Å²) in [6, 6.07) is 1.85. The predicted molar refractivity (Wildman–Crippen MR) is 85.5 cm³/mol. The van der Waals surface area contributed by atoms with Crippen molar-refractivity contribution < 1.29 is 8.42 Å². The van der Waals surface area contributed by atoms with Gasteiger partial charge in [-0.2, -0.15) is 11.8 Å². The third-order valence-electron chi connectivity index (χ3n) is 3.05. The SMILES string of the molecule is CSCCCCNS(=O)(=O)c1cc(CN)n(C(C)C)c1. The van der Waals surface area contributed by atoms with E-state index in [0.29, 0.717) is 18.0 Å². The topological polar surface area (TPSA) is 77.1 Å². The average Bonchev–Trinajstić information content (AvgIpc) is 2.83. The van der Waals surface area contributed by atoms with Crippen LogP contribution in [-0.2, 0) is 16.6 Å². The molecule has 0 spiro atoms. The first kappa shape index (κ1) is 17.6. The third-order valence-corrected chi connectivity index (χ3v) is 5.17. The first-order chi connectivity index (χ1) is 9.42. The molecule has 3 N–H and O–H groups in total. The van der Waals surface area contributed by atoms with Crippen molar-refractivity contribution in [2.75, 3.05) is 18.6 Å². The molecule has 0 aromatic carbocycles. The molecule has 7 heteroatoms. The minimum absolute atomic E-state index is 0.194. The zero-order valence-corrected chi connectivity index (χ0v) is 14.1. The van der Waals surface area contributed by atoms with Crippen LogP contribution in [0.1, 0.15) is 38.4 Å². The summed E-state index contributed by atoms with van der Waals surface area (Å²) >= 11 is 1.77. The molecule has 0 saturated carbocycles. The summed E-state index contributed by atoms with van der Waals surface area (Å²) in [7, 11) is -3.43. The molecule has 0 amide bonds. The summed E-state index contributed by atoms with van der Waals surface area (Å²) < 4.78 is 28.9. The van der Waals surface area contributed by atoms with E-state index in [1.807, 2.05) is 24.7 Å². The van der Waals surface area contributed by atoms with Crippen LogP contribution in [0.2, 0.25) is 0 Å². The molecule has 1 rings (SSSR count).